The predicted molar refractivity (Wildman–Crippen MR) is 64.5 cm³/mol. The lowest BCUT2D eigenvalue weighted by Crippen LogP contribution is -2.31. The highest BCUT2D eigenvalue weighted by Crippen LogP contribution is 2.35. The number of esters is 1. The molecule has 1 aliphatic rings. The van der Waals surface area contributed by atoms with E-state index in [0.29, 0.717) is 17.7 Å². The van der Waals surface area contributed by atoms with Gasteiger partial charge in [0.1, 0.15) is 0 Å². The lowest BCUT2D eigenvalue weighted by Gasteiger charge is -2.09. The molecular formula is C11H10O4S2. The number of Topliss-reactive ketones (excluding diaryl/α,β-unsaturated/α-hetero) is 2. The molecule has 0 saturated heterocycles. The first kappa shape index (κ1) is 12.3. The van der Waals surface area contributed by atoms with Crippen molar-refractivity contribution in [2.75, 3.05) is 12.9 Å². The van der Waals surface area contributed by atoms with E-state index in [2.05, 4.69) is 4.74 Å². The molecule has 1 aromatic rings. The number of rotatable bonds is 2. The van der Waals surface area contributed by atoms with E-state index < -0.39 is 17.7 Å². The fraction of sp³-hybridized carbons (Fsp3) is 0.364. The molecule has 0 spiro atoms. The number of thiophene rings is 1. The summed E-state index contributed by atoms with van der Waals surface area (Å²) in [4.78, 5) is 35.0. The molecule has 0 aliphatic carbocycles. The van der Waals surface area contributed by atoms with Crippen LogP contribution in [0.2, 0.25) is 0 Å². The molecule has 0 bridgehead atoms. The van der Waals surface area contributed by atoms with Gasteiger partial charge in [0.25, 0.3) is 5.78 Å². The van der Waals surface area contributed by atoms with Crippen LogP contribution in [-0.4, -0.2) is 30.4 Å². The molecule has 2 rings (SSSR count). The van der Waals surface area contributed by atoms with Crippen molar-refractivity contribution in [1.29, 1.82) is 0 Å². The van der Waals surface area contributed by atoms with Crippen molar-refractivity contribution in [2.45, 2.75) is 10.6 Å². The summed E-state index contributed by atoms with van der Waals surface area (Å²) in [5.74, 6) is -2.16. The Morgan fingerprint density at radius 3 is 2.94 bits per heavy atom. The maximum atomic E-state index is 12.1. The minimum Gasteiger partial charge on any atom is -0.463 e. The minimum absolute atomic E-state index is 0.262. The van der Waals surface area contributed by atoms with Gasteiger partial charge in [-0.1, -0.05) is 0 Å². The Kier molecular flexibility index (Phi) is 3.63. The SMILES string of the molecule is COC(=O)C(=O)C1CCSc2sccc2C1=O. The summed E-state index contributed by atoms with van der Waals surface area (Å²) in [6.45, 7) is 0. The van der Waals surface area contributed by atoms with Crippen LogP contribution in [0.5, 0.6) is 0 Å². The quantitative estimate of drug-likeness (QED) is 0.466. The molecule has 4 nitrogen and oxygen atoms in total. The first-order valence-corrected chi connectivity index (χ1v) is 6.88. The molecular weight excluding hydrogens is 260 g/mol. The molecule has 6 heteroatoms. The molecule has 1 aliphatic heterocycles. The number of thioether (sulfide) groups is 1. The highest BCUT2D eigenvalue weighted by atomic mass is 32.2. The number of carbonyl (C=O) groups excluding carboxylic acids is 3. The predicted octanol–water partition coefficient (Wildman–Crippen LogP) is 1.78. The number of hydrogen-bond acceptors (Lipinski definition) is 6. The molecule has 1 unspecified atom stereocenters. The fourth-order valence-corrected chi connectivity index (χ4v) is 3.85. The van der Waals surface area contributed by atoms with Crippen LogP contribution in [0.1, 0.15) is 16.8 Å². The van der Waals surface area contributed by atoms with Gasteiger partial charge in [-0.05, 0) is 23.6 Å². The van der Waals surface area contributed by atoms with E-state index in [4.69, 9.17) is 0 Å². The molecule has 2 heterocycles. The normalized spacial score (nSPS) is 19.4. The van der Waals surface area contributed by atoms with Crippen LogP contribution in [0.4, 0.5) is 0 Å². The van der Waals surface area contributed by atoms with Gasteiger partial charge in [-0.15, -0.1) is 23.1 Å². The Bertz CT molecular complexity index is 478. The molecule has 1 aromatic heterocycles. The monoisotopic (exact) mass is 270 g/mol. The molecule has 0 amide bonds. The smallest absolute Gasteiger partial charge is 0.375 e. The standard InChI is InChI=1S/C11H10O4S2/c1-15-10(14)9(13)6-2-4-16-11-7(8(6)12)3-5-17-11/h3,5-6H,2,4H2,1H3. The van der Waals surface area contributed by atoms with Crippen LogP contribution in [0, 0.1) is 5.92 Å². The van der Waals surface area contributed by atoms with Gasteiger partial charge in [0.05, 0.1) is 17.2 Å². The van der Waals surface area contributed by atoms with Crippen molar-refractivity contribution in [3.05, 3.63) is 17.0 Å². The number of hydrogen-bond donors (Lipinski definition) is 0. The van der Waals surface area contributed by atoms with Crippen LogP contribution >= 0.6 is 23.1 Å². The summed E-state index contributed by atoms with van der Waals surface area (Å²) in [5, 5.41) is 1.82. The van der Waals surface area contributed by atoms with Crippen LogP contribution in [0.3, 0.4) is 0 Å². The fourth-order valence-electron chi connectivity index (χ4n) is 1.67. The number of methoxy groups -OCH3 is 1. The molecule has 1 atom stereocenters. The lowest BCUT2D eigenvalue weighted by molar-refractivity contribution is -0.152. The summed E-state index contributed by atoms with van der Waals surface area (Å²) in [6.07, 6.45) is 0.388. The topological polar surface area (TPSA) is 60.4 Å². The number of ether oxygens (including phenoxy) is 1. The number of carbonyl (C=O) groups is 3. The third-order valence-electron chi connectivity index (χ3n) is 2.55. The molecule has 0 N–H and O–H groups in total. The molecule has 17 heavy (non-hydrogen) atoms. The van der Waals surface area contributed by atoms with Gasteiger partial charge < -0.3 is 4.74 Å². The zero-order chi connectivity index (χ0) is 12.4. The second-order valence-electron chi connectivity index (χ2n) is 3.53. The van der Waals surface area contributed by atoms with Gasteiger partial charge in [0.2, 0.25) is 0 Å². The molecule has 0 fully saturated rings. The summed E-state index contributed by atoms with van der Waals surface area (Å²) in [7, 11) is 1.15. The Labute approximate surface area is 106 Å². The second kappa shape index (κ2) is 5.01. The Hall–Kier alpha value is -1.14. The largest absolute Gasteiger partial charge is 0.463 e. The van der Waals surface area contributed by atoms with Crippen LogP contribution in [-0.2, 0) is 14.3 Å². The zero-order valence-electron chi connectivity index (χ0n) is 9.10. The van der Waals surface area contributed by atoms with Crippen molar-refractivity contribution in [2.24, 2.45) is 5.92 Å². The number of ketones is 2. The van der Waals surface area contributed by atoms with E-state index >= 15 is 0 Å². The maximum absolute atomic E-state index is 12.1. The summed E-state index contributed by atoms with van der Waals surface area (Å²) >= 11 is 3.04. The molecule has 90 valence electrons. The van der Waals surface area contributed by atoms with E-state index in [9.17, 15) is 14.4 Å². The van der Waals surface area contributed by atoms with Crippen molar-refractivity contribution >= 4 is 40.6 Å². The summed E-state index contributed by atoms with van der Waals surface area (Å²) in [5.41, 5.74) is 0.555. The Balaban J connectivity index is 2.29. The highest BCUT2D eigenvalue weighted by molar-refractivity contribution is 8.01. The first-order chi connectivity index (χ1) is 8.15. The van der Waals surface area contributed by atoms with Gasteiger partial charge >= 0.3 is 5.97 Å². The first-order valence-electron chi connectivity index (χ1n) is 5.01. The van der Waals surface area contributed by atoms with Crippen molar-refractivity contribution in [3.63, 3.8) is 0 Å². The highest BCUT2D eigenvalue weighted by Gasteiger charge is 2.35. The van der Waals surface area contributed by atoms with Gasteiger partial charge in [-0.3, -0.25) is 9.59 Å². The van der Waals surface area contributed by atoms with Crippen LogP contribution in [0.15, 0.2) is 15.7 Å². The van der Waals surface area contributed by atoms with Crippen molar-refractivity contribution in [1.82, 2.24) is 0 Å². The van der Waals surface area contributed by atoms with E-state index in [-0.39, 0.29) is 5.78 Å². The maximum Gasteiger partial charge on any atom is 0.375 e. The van der Waals surface area contributed by atoms with E-state index in [0.717, 1.165) is 11.3 Å². The third kappa shape index (κ3) is 2.28. The summed E-state index contributed by atoms with van der Waals surface area (Å²) in [6, 6.07) is 1.71. The van der Waals surface area contributed by atoms with Gasteiger partial charge in [-0.2, -0.15) is 0 Å². The van der Waals surface area contributed by atoms with E-state index in [1.54, 1.807) is 17.8 Å². The molecule has 0 radical (unpaired) electrons. The molecule has 0 saturated carbocycles. The van der Waals surface area contributed by atoms with Gasteiger partial charge in [0.15, 0.2) is 5.78 Å². The number of fused-ring (bicyclic) bond motifs is 1. The van der Waals surface area contributed by atoms with E-state index in [1.165, 1.54) is 11.3 Å². The average molecular weight is 270 g/mol. The van der Waals surface area contributed by atoms with Gasteiger partial charge in [-0.25, -0.2) is 4.79 Å². The van der Waals surface area contributed by atoms with Crippen molar-refractivity contribution < 1.29 is 19.1 Å². The van der Waals surface area contributed by atoms with Crippen LogP contribution < -0.4 is 0 Å². The van der Waals surface area contributed by atoms with Crippen LogP contribution in [0.25, 0.3) is 0 Å². The lowest BCUT2D eigenvalue weighted by atomic mass is 9.93. The van der Waals surface area contributed by atoms with Gasteiger partial charge in [0, 0.05) is 5.56 Å². The minimum atomic E-state index is -0.938. The third-order valence-corrected chi connectivity index (χ3v) is 4.82. The average Bonchev–Trinajstić information content (AvgIpc) is 2.75. The molecule has 0 aromatic carbocycles. The Morgan fingerprint density at radius 2 is 2.24 bits per heavy atom. The van der Waals surface area contributed by atoms with E-state index in [1.807, 2.05) is 5.38 Å². The Morgan fingerprint density at radius 1 is 1.47 bits per heavy atom. The summed E-state index contributed by atoms with van der Waals surface area (Å²) < 4.78 is 5.31. The van der Waals surface area contributed by atoms with Crippen molar-refractivity contribution in [3.8, 4) is 0 Å². The second-order valence-corrected chi connectivity index (χ2v) is 5.81. The zero-order valence-corrected chi connectivity index (χ0v) is 10.7.